The van der Waals surface area contributed by atoms with Crippen molar-refractivity contribution < 1.29 is 5.11 Å². The number of hydrogen-bond acceptors (Lipinski definition) is 4. The van der Waals surface area contributed by atoms with Crippen molar-refractivity contribution in [3.63, 3.8) is 0 Å². The number of rotatable bonds is 4. The molecule has 2 rings (SSSR count). The zero-order valence-electron chi connectivity index (χ0n) is 8.89. The molecule has 86 valence electrons. The van der Waals surface area contributed by atoms with Crippen LogP contribution in [0.2, 0.25) is 0 Å². The van der Waals surface area contributed by atoms with Crippen LogP contribution in [0.3, 0.4) is 0 Å². The van der Waals surface area contributed by atoms with E-state index in [0.29, 0.717) is 12.5 Å². The second-order valence-electron chi connectivity index (χ2n) is 3.75. The van der Waals surface area contributed by atoms with Crippen molar-refractivity contribution in [3.8, 4) is 0 Å². The number of halogens is 1. The van der Waals surface area contributed by atoms with Crippen molar-refractivity contribution in [2.24, 2.45) is 5.92 Å². The molecule has 1 unspecified atom stereocenters. The summed E-state index contributed by atoms with van der Waals surface area (Å²) in [4.78, 5) is 4.30. The van der Waals surface area contributed by atoms with Crippen LogP contribution in [0.4, 0.5) is 5.95 Å². The van der Waals surface area contributed by atoms with Gasteiger partial charge in [-0.25, -0.2) is 4.52 Å². The summed E-state index contributed by atoms with van der Waals surface area (Å²) < 4.78 is 2.66. The van der Waals surface area contributed by atoms with Gasteiger partial charge >= 0.3 is 0 Å². The topological polar surface area (TPSA) is 62.5 Å². The fraction of sp³-hybridized carbons (Fsp3) is 0.400. The van der Waals surface area contributed by atoms with Crippen LogP contribution in [-0.4, -0.2) is 32.9 Å². The molecule has 0 aliphatic heterocycles. The van der Waals surface area contributed by atoms with E-state index in [1.807, 2.05) is 25.3 Å². The zero-order valence-corrected chi connectivity index (χ0v) is 10.5. The normalized spacial score (nSPS) is 12.9. The van der Waals surface area contributed by atoms with Crippen molar-refractivity contribution in [3.05, 3.63) is 22.8 Å². The lowest BCUT2D eigenvalue weighted by atomic mass is 10.2. The Morgan fingerprint density at radius 3 is 3.12 bits per heavy atom. The van der Waals surface area contributed by atoms with Gasteiger partial charge in [0.2, 0.25) is 5.95 Å². The minimum Gasteiger partial charge on any atom is -0.396 e. The Morgan fingerprint density at radius 1 is 1.56 bits per heavy atom. The lowest BCUT2D eigenvalue weighted by Gasteiger charge is -2.06. The first-order valence-electron chi connectivity index (χ1n) is 5.05. The lowest BCUT2D eigenvalue weighted by molar-refractivity contribution is 0.244. The summed E-state index contributed by atoms with van der Waals surface area (Å²) in [6.07, 6.45) is 1.85. The maximum absolute atomic E-state index is 8.90. The second-order valence-corrected chi connectivity index (χ2v) is 4.67. The Hall–Kier alpha value is -1.14. The number of nitrogens with one attached hydrogen (secondary N) is 1. The molecule has 0 bridgehead atoms. The Morgan fingerprint density at radius 2 is 2.38 bits per heavy atom. The van der Waals surface area contributed by atoms with Gasteiger partial charge in [-0.05, 0) is 34.0 Å². The number of aliphatic hydroxyl groups excluding tert-OH is 1. The van der Waals surface area contributed by atoms with E-state index in [-0.39, 0.29) is 12.5 Å². The molecular formula is C10H13BrN4O. The van der Waals surface area contributed by atoms with Gasteiger partial charge in [0.25, 0.3) is 0 Å². The molecule has 0 aliphatic rings. The summed E-state index contributed by atoms with van der Waals surface area (Å²) in [7, 11) is 0. The Labute approximate surface area is 102 Å². The average molecular weight is 285 g/mol. The maximum Gasteiger partial charge on any atom is 0.243 e. The largest absolute Gasteiger partial charge is 0.396 e. The molecule has 0 fully saturated rings. The molecule has 2 N–H and O–H groups in total. The molecule has 0 saturated carbocycles. The first-order chi connectivity index (χ1) is 7.69. The second kappa shape index (κ2) is 4.80. The van der Waals surface area contributed by atoms with Crippen LogP contribution in [-0.2, 0) is 0 Å². The number of hydrogen-bond donors (Lipinski definition) is 2. The van der Waals surface area contributed by atoms with Gasteiger partial charge in [-0.1, -0.05) is 6.92 Å². The van der Waals surface area contributed by atoms with Crippen LogP contribution in [0, 0.1) is 5.92 Å². The van der Waals surface area contributed by atoms with Crippen molar-refractivity contribution in [2.45, 2.75) is 6.92 Å². The summed E-state index contributed by atoms with van der Waals surface area (Å²) in [6.45, 7) is 2.78. The summed E-state index contributed by atoms with van der Waals surface area (Å²) in [5.41, 5.74) is 0.794. The molecule has 0 aliphatic carbocycles. The third kappa shape index (κ3) is 2.51. The van der Waals surface area contributed by atoms with Crippen LogP contribution in [0.15, 0.2) is 22.8 Å². The molecule has 0 amide bonds. The van der Waals surface area contributed by atoms with E-state index in [9.17, 15) is 0 Å². The standard InChI is InChI=1S/C10H13BrN4O/c1-7(6-16)4-12-10-13-9-3-2-8(11)5-15(9)14-10/h2-3,5,7,16H,4,6H2,1H3,(H,12,14). The number of anilines is 1. The molecule has 2 aromatic heterocycles. The predicted octanol–water partition coefficient (Wildman–Crippen LogP) is 1.53. The van der Waals surface area contributed by atoms with Gasteiger partial charge in [-0.2, -0.15) is 4.98 Å². The van der Waals surface area contributed by atoms with Gasteiger partial charge in [0, 0.05) is 23.8 Å². The molecule has 0 saturated heterocycles. The summed E-state index contributed by atoms with van der Waals surface area (Å²) in [5, 5.41) is 16.2. The van der Waals surface area contributed by atoms with Crippen molar-refractivity contribution in [2.75, 3.05) is 18.5 Å². The molecule has 2 heterocycles. The van der Waals surface area contributed by atoms with Gasteiger partial charge in [-0.3, -0.25) is 0 Å². The first-order valence-corrected chi connectivity index (χ1v) is 5.85. The summed E-state index contributed by atoms with van der Waals surface area (Å²) >= 11 is 3.37. The third-order valence-corrected chi connectivity index (χ3v) is 2.68. The number of aliphatic hydroxyl groups is 1. The first kappa shape index (κ1) is 11.3. The van der Waals surface area contributed by atoms with Crippen LogP contribution in [0.1, 0.15) is 6.92 Å². The fourth-order valence-corrected chi connectivity index (χ4v) is 1.59. The Kier molecular flexibility index (Phi) is 3.40. The van der Waals surface area contributed by atoms with E-state index < -0.39 is 0 Å². The molecule has 6 heteroatoms. The number of pyridine rings is 1. The highest BCUT2D eigenvalue weighted by atomic mass is 79.9. The predicted molar refractivity (Wildman–Crippen MR) is 65.4 cm³/mol. The quantitative estimate of drug-likeness (QED) is 0.894. The molecule has 16 heavy (non-hydrogen) atoms. The smallest absolute Gasteiger partial charge is 0.243 e. The zero-order chi connectivity index (χ0) is 11.5. The molecule has 5 nitrogen and oxygen atoms in total. The van der Waals surface area contributed by atoms with Crippen LogP contribution in [0.5, 0.6) is 0 Å². The maximum atomic E-state index is 8.90. The van der Waals surface area contributed by atoms with Gasteiger partial charge in [0.15, 0.2) is 5.65 Å². The average Bonchev–Trinajstić information content (AvgIpc) is 2.67. The van der Waals surface area contributed by atoms with Gasteiger partial charge in [0.05, 0.1) is 0 Å². The summed E-state index contributed by atoms with van der Waals surface area (Å²) in [6, 6.07) is 3.81. The molecular weight excluding hydrogens is 272 g/mol. The van der Waals surface area contributed by atoms with Gasteiger partial charge in [-0.15, -0.1) is 5.10 Å². The molecule has 0 aromatic carbocycles. The van der Waals surface area contributed by atoms with E-state index in [4.69, 9.17) is 5.11 Å². The van der Waals surface area contributed by atoms with Gasteiger partial charge in [0.1, 0.15) is 0 Å². The lowest BCUT2D eigenvalue weighted by Crippen LogP contribution is -2.15. The minimum absolute atomic E-state index is 0.159. The van der Waals surface area contributed by atoms with E-state index in [1.165, 1.54) is 0 Å². The van der Waals surface area contributed by atoms with E-state index in [0.717, 1.165) is 10.1 Å². The van der Waals surface area contributed by atoms with Gasteiger partial charge < -0.3 is 10.4 Å². The third-order valence-electron chi connectivity index (χ3n) is 2.22. The highest BCUT2D eigenvalue weighted by Gasteiger charge is 2.05. The van der Waals surface area contributed by atoms with Crippen LogP contribution >= 0.6 is 15.9 Å². The molecule has 2 aromatic rings. The number of fused-ring (bicyclic) bond motifs is 1. The van der Waals surface area contributed by atoms with Crippen LogP contribution in [0.25, 0.3) is 5.65 Å². The van der Waals surface area contributed by atoms with Crippen LogP contribution < -0.4 is 5.32 Å². The van der Waals surface area contributed by atoms with E-state index in [2.05, 4.69) is 31.3 Å². The monoisotopic (exact) mass is 284 g/mol. The van der Waals surface area contributed by atoms with Crippen molar-refractivity contribution in [1.29, 1.82) is 0 Å². The minimum atomic E-state index is 0.159. The Balaban J connectivity index is 2.13. The molecule has 0 radical (unpaired) electrons. The van der Waals surface area contributed by atoms with Crippen molar-refractivity contribution >= 4 is 27.5 Å². The molecule has 0 spiro atoms. The highest BCUT2D eigenvalue weighted by Crippen LogP contribution is 2.12. The fourth-order valence-electron chi connectivity index (χ4n) is 1.26. The summed E-state index contributed by atoms with van der Waals surface area (Å²) in [5.74, 6) is 0.775. The number of aromatic nitrogens is 3. The highest BCUT2D eigenvalue weighted by molar-refractivity contribution is 9.10. The number of nitrogens with zero attached hydrogens (tertiary/aromatic N) is 3. The van der Waals surface area contributed by atoms with E-state index >= 15 is 0 Å². The Bertz CT molecular complexity index is 485. The van der Waals surface area contributed by atoms with Crippen molar-refractivity contribution in [1.82, 2.24) is 14.6 Å². The SMILES string of the molecule is CC(CO)CNc1nc2ccc(Br)cn2n1. The molecule has 1 atom stereocenters. The van der Waals surface area contributed by atoms with E-state index in [1.54, 1.807) is 4.52 Å².